The number of carbonyl (C=O) groups is 1. The fraction of sp³-hybridized carbons (Fsp3) is 0.600. The maximum Gasteiger partial charge on any atom is 0.239 e. The Balaban J connectivity index is 1.60. The van der Waals surface area contributed by atoms with Crippen LogP contribution in [0.25, 0.3) is 0 Å². The summed E-state index contributed by atoms with van der Waals surface area (Å²) in [6.07, 6.45) is 3.19. The molecular formula is C20H30N4O3. The molecule has 1 atom stereocenters. The molecule has 7 heteroatoms. The predicted octanol–water partition coefficient (Wildman–Crippen LogP) is 1.50. The van der Waals surface area contributed by atoms with Crippen molar-refractivity contribution in [3.63, 3.8) is 0 Å². The van der Waals surface area contributed by atoms with Gasteiger partial charge in [-0.3, -0.25) is 4.79 Å². The molecule has 0 spiro atoms. The Labute approximate surface area is 160 Å². The molecule has 1 aromatic rings. The normalized spacial score (nSPS) is 19.6. The molecule has 0 radical (unpaired) electrons. The van der Waals surface area contributed by atoms with Crippen molar-refractivity contribution in [3.05, 3.63) is 29.3 Å². The van der Waals surface area contributed by atoms with E-state index in [0.717, 1.165) is 49.3 Å². The number of aryl methyl sites for hydroxylation is 1. The summed E-state index contributed by atoms with van der Waals surface area (Å²) in [5, 5.41) is 9.24. The lowest BCUT2D eigenvalue weighted by atomic mass is 10.1. The second-order valence-corrected chi connectivity index (χ2v) is 7.11. The molecule has 1 aromatic carbocycles. The Bertz CT molecular complexity index is 667. The number of hydrogen-bond donors (Lipinski definition) is 3. The molecule has 1 heterocycles. The minimum atomic E-state index is 0.00342. The van der Waals surface area contributed by atoms with Gasteiger partial charge in [0.2, 0.25) is 5.91 Å². The lowest BCUT2D eigenvalue weighted by Crippen LogP contribution is -2.43. The largest absolute Gasteiger partial charge is 0.488 e. The smallest absolute Gasteiger partial charge is 0.239 e. The minimum absolute atomic E-state index is 0.00342. The van der Waals surface area contributed by atoms with Crippen molar-refractivity contribution < 1.29 is 14.3 Å². The summed E-state index contributed by atoms with van der Waals surface area (Å²) < 4.78 is 11.5. The van der Waals surface area contributed by atoms with E-state index in [4.69, 9.17) is 9.47 Å². The molecule has 3 rings (SSSR count). The van der Waals surface area contributed by atoms with Crippen LogP contribution >= 0.6 is 0 Å². The van der Waals surface area contributed by atoms with Gasteiger partial charge in [-0.25, -0.2) is 4.99 Å². The Kier molecular flexibility index (Phi) is 6.92. The number of carbonyl (C=O) groups excluding carboxylic acids is 1. The van der Waals surface area contributed by atoms with E-state index in [2.05, 4.69) is 33.9 Å². The van der Waals surface area contributed by atoms with Crippen molar-refractivity contribution in [2.75, 3.05) is 26.3 Å². The Morgan fingerprint density at radius 1 is 1.30 bits per heavy atom. The van der Waals surface area contributed by atoms with Crippen LogP contribution in [-0.2, 0) is 16.1 Å². The van der Waals surface area contributed by atoms with Crippen molar-refractivity contribution in [2.45, 2.75) is 51.8 Å². The number of guanidine groups is 1. The highest BCUT2D eigenvalue weighted by Gasteiger charge is 2.23. The van der Waals surface area contributed by atoms with Crippen LogP contribution < -0.4 is 20.7 Å². The molecule has 1 aliphatic heterocycles. The van der Waals surface area contributed by atoms with Crippen LogP contribution in [0.3, 0.4) is 0 Å². The highest BCUT2D eigenvalue weighted by molar-refractivity contribution is 5.86. The van der Waals surface area contributed by atoms with Gasteiger partial charge < -0.3 is 25.4 Å². The van der Waals surface area contributed by atoms with Crippen molar-refractivity contribution in [2.24, 2.45) is 4.99 Å². The molecule has 2 fully saturated rings. The van der Waals surface area contributed by atoms with E-state index >= 15 is 0 Å². The molecule has 0 bridgehead atoms. The predicted molar refractivity (Wildman–Crippen MR) is 105 cm³/mol. The van der Waals surface area contributed by atoms with Crippen molar-refractivity contribution in [1.82, 2.24) is 16.0 Å². The van der Waals surface area contributed by atoms with E-state index in [9.17, 15) is 4.79 Å². The Hall–Kier alpha value is -2.28. The molecule has 148 valence electrons. The highest BCUT2D eigenvalue weighted by Crippen LogP contribution is 2.24. The Morgan fingerprint density at radius 3 is 2.85 bits per heavy atom. The number of benzene rings is 1. The first kappa shape index (κ1) is 19.5. The quantitative estimate of drug-likeness (QED) is 0.474. The first-order valence-corrected chi connectivity index (χ1v) is 9.79. The maximum atomic E-state index is 11.9. The number of ether oxygens (including phenoxy) is 2. The van der Waals surface area contributed by atoms with Gasteiger partial charge in [0.25, 0.3) is 0 Å². The van der Waals surface area contributed by atoms with E-state index in [1.807, 2.05) is 19.1 Å². The number of hydrogen-bond acceptors (Lipinski definition) is 4. The molecular weight excluding hydrogens is 344 g/mol. The van der Waals surface area contributed by atoms with E-state index in [0.29, 0.717) is 25.2 Å². The summed E-state index contributed by atoms with van der Waals surface area (Å²) in [6.45, 7) is 6.87. The van der Waals surface area contributed by atoms with E-state index in [1.165, 1.54) is 0 Å². The van der Waals surface area contributed by atoms with Gasteiger partial charge in [0.1, 0.15) is 11.9 Å². The second kappa shape index (κ2) is 9.60. The van der Waals surface area contributed by atoms with Gasteiger partial charge >= 0.3 is 0 Å². The van der Waals surface area contributed by atoms with Gasteiger partial charge in [-0.05, 0) is 38.3 Å². The summed E-state index contributed by atoms with van der Waals surface area (Å²) >= 11 is 0. The molecule has 1 amide bonds. The van der Waals surface area contributed by atoms with Gasteiger partial charge in [0, 0.05) is 24.6 Å². The third kappa shape index (κ3) is 6.43. The second-order valence-electron chi connectivity index (χ2n) is 7.11. The van der Waals surface area contributed by atoms with Crippen LogP contribution in [0, 0.1) is 6.92 Å². The fourth-order valence-electron chi connectivity index (χ4n) is 2.86. The third-order valence-electron chi connectivity index (χ3n) is 4.51. The molecule has 1 saturated heterocycles. The SMILES string of the molecule is CCNC(=NCc1ccc(C)cc1OC1CCOC1)NCC(=O)NC1CC1. The summed E-state index contributed by atoms with van der Waals surface area (Å²) in [5.41, 5.74) is 2.17. The van der Waals surface area contributed by atoms with Gasteiger partial charge in [-0.1, -0.05) is 12.1 Å². The highest BCUT2D eigenvalue weighted by atomic mass is 16.5. The molecule has 0 aromatic heterocycles. The van der Waals surface area contributed by atoms with Crippen LogP contribution in [0.4, 0.5) is 0 Å². The van der Waals surface area contributed by atoms with Crippen LogP contribution in [0.1, 0.15) is 37.3 Å². The van der Waals surface area contributed by atoms with Crippen molar-refractivity contribution in [3.8, 4) is 5.75 Å². The lowest BCUT2D eigenvalue weighted by molar-refractivity contribution is -0.120. The zero-order valence-corrected chi connectivity index (χ0v) is 16.2. The summed E-state index contributed by atoms with van der Waals surface area (Å²) in [4.78, 5) is 16.5. The third-order valence-corrected chi connectivity index (χ3v) is 4.51. The standard InChI is InChI=1S/C20H30N4O3/c1-3-21-20(23-12-19(25)24-16-6-7-16)22-11-15-5-4-14(2)10-18(15)27-17-8-9-26-13-17/h4-5,10,16-17H,3,6-9,11-13H2,1-2H3,(H,24,25)(H2,21,22,23). The summed E-state index contributed by atoms with van der Waals surface area (Å²) in [7, 11) is 0. The number of rotatable bonds is 8. The summed E-state index contributed by atoms with van der Waals surface area (Å²) in [6, 6.07) is 6.53. The molecule has 7 nitrogen and oxygen atoms in total. The zero-order chi connectivity index (χ0) is 19.1. The van der Waals surface area contributed by atoms with Gasteiger partial charge in [0.05, 0.1) is 26.3 Å². The van der Waals surface area contributed by atoms with Gasteiger partial charge in [0.15, 0.2) is 5.96 Å². The molecule has 1 saturated carbocycles. The zero-order valence-electron chi connectivity index (χ0n) is 16.2. The Morgan fingerprint density at radius 2 is 2.15 bits per heavy atom. The fourth-order valence-corrected chi connectivity index (χ4v) is 2.86. The van der Waals surface area contributed by atoms with Crippen molar-refractivity contribution >= 4 is 11.9 Å². The van der Waals surface area contributed by atoms with Crippen molar-refractivity contribution in [1.29, 1.82) is 0 Å². The average molecular weight is 374 g/mol. The van der Waals surface area contributed by atoms with Gasteiger partial charge in [-0.15, -0.1) is 0 Å². The van der Waals surface area contributed by atoms with Crippen LogP contribution in [0.2, 0.25) is 0 Å². The lowest BCUT2D eigenvalue weighted by Gasteiger charge is -2.16. The van der Waals surface area contributed by atoms with E-state index in [1.54, 1.807) is 0 Å². The van der Waals surface area contributed by atoms with E-state index in [-0.39, 0.29) is 18.6 Å². The minimum Gasteiger partial charge on any atom is -0.488 e. The monoisotopic (exact) mass is 374 g/mol. The molecule has 1 unspecified atom stereocenters. The number of aliphatic imine (C=N–C) groups is 1. The maximum absolute atomic E-state index is 11.9. The average Bonchev–Trinajstić information content (AvgIpc) is 3.31. The van der Waals surface area contributed by atoms with Crippen LogP contribution in [0.5, 0.6) is 5.75 Å². The molecule has 1 aliphatic carbocycles. The number of nitrogens with zero attached hydrogens (tertiary/aromatic N) is 1. The molecule has 2 aliphatic rings. The first-order valence-electron chi connectivity index (χ1n) is 9.79. The number of amides is 1. The number of nitrogens with one attached hydrogen (secondary N) is 3. The van der Waals surface area contributed by atoms with E-state index < -0.39 is 0 Å². The topological polar surface area (TPSA) is 84.0 Å². The summed E-state index contributed by atoms with van der Waals surface area (Å²) in [5.74, 6) is 1.49. The first-order chi connectivity index (χ1) is 13.1. The van der Waals surface area contributed by atoms with Crippen LogP contribution in [-0.4, -0.2) is 50.3 Å². The van der Waals surface area contributed by atoms with Crippen LogP contribution in [0.15, 0.2) is 23.2 Å². The molecule has 27 heavy (non-hydrogen) atoms. The molecule has 3 N–H and O–H groups in total. The van der Waals surface area contributed by atoms with Gasteiger partial charge in [-0.2, -0.15) is 0 Å².